The number of amides is 3. The van der Waals surface area contributed by atoms with Gasteiger partial charge in [-0.05, 0) is 48.1 Å². The summed E-state index contributed by atoms with van der Waals surface area (Å²) >= 11 is 0. The number of nitrogens with zero attached hydrogens (tertiary/aromatic N) is 3. The van der Waals surface area contributed by atoms with Crippen molar-refractivity contribution < 1.29 is 22.8 Å². The number of hydrogen-bond acceptors (Lipinski definition) is 3. The van der Waals surface area contributed by atoms with Crippen molar-refractivity contribution in [2.75, 3.05) is 31.5 Å². The van der Waals surface area contributed by atoms with Crippen LogP contribution in [0.5, 0.6) is 0 Å². The van der Waals surface area contributed by atoms with Crippen LogP contribution in [0.25, 0.3) is 0 Å². The Morgan fingerprint density at radius 2 is 1.66 bits per heavy atom. The second-order valence-electron chi connectivity index (χ2n) is 8.39. The fourth-order valence-electron chi connectivity index (χ4n) is 4.26. The number of piperidine rings is 1. The molecule has 2 aromatic rings. The van der Waals surface area contributed by atoms with Crippen molar-refractivity contribution in [1.82, 2.24) is 14.8 Å². The van der Waals surface area contributed by atoms with Gasteiger partial charge in [-0.3, -0.25) is 9.78 Å². The Kier molecular flexibility index (Phi) is 6.34. The van der Waals surface area contributed by atoms with E-state index in [0.29, 0.717) is 50.6 Å². The molecule has 6 nitrogen and oxygen atoms in total. The highest BCUT2D eigenvalue weighted by atomic mass is 19.4. The zero-order valence-corrected chi connectivity index (χ0v) is 17.5. The zero-order chi connectivity index (χ0) is 22.7. The van der Waals surface area contributed by atoms with Crippen LogP contribution in [0.3, 0.4) is 0 Å². The number of carbonyl (C=O) groups is 2. The number of likely N-dealkylation sites (tertiary alicyclic amines) is 2. The number of anilines is 1. The van der Waals surface area contributed by atoms with Gasteiger partial charge in [0, 0.05) is 50.2 Å². The van der Waals surface area contributed by atoms with Crippen molar-refractivity contribution in [3.8, 4) is 0 Å². The van der Waals surface area contributed by atoms with E-state index in [1.807, 2.05) is 42.6 Å². The van der Waals surface area contributed by atoms with Crippen molar-refractivity contribution >= 4 is 17.6 Å². The van der Waals surface area contributed by atoms with E-state index in [0.717, 1.165) is 11.1 Å². The summed E-state index contributed by atoms with van der Waals surface area (Å²) < 4.78 is 37.3. The molecule has 0 bridgehead atoms. The molecule has 1 aromatic carbocycles. The molecule has 3 amide bonds. The second kappa shape index (κ2) is 9.18. The maximum atomic E-state index is 12.4. The molecule has 2 aliphatic rings. The number of halogens is 3. The van der Waals surface area contributed by atoms with Gasteiger partial charge in [0.05, 0.1) is 0 Å². The lowest BCUT2D eigenvalue weighted by atomic mass is 9.89. The van der Waals surface area contributed by atoms with E-state index in [4.69, 9.17) is 0 Å². The van der Waals surface area contributed by atoms with E-state index in [1.54, 1.807) is 11.1 Å². The molecule has 2 fully saturated rings. The Morgan fingerprint density at radius 1 is 0.969 bits per heavy atom. The van der Waals surface area contributed by atoms with E-state index in [1.165, 1.54) is 4.90 Å². The van der Waals surface area contributed by atoms with Crippen LogP contribution >= 0.6 is 0 Å². The molecule has 0 saturated carbocycles. The largest absolute Gasteiger partial charge is 0.397 e. The summed E-state index contributed by atoms with van der Waals surface area (Å²) in [6, 6.07) is 11.3. The predicted molar refractivity (Wildman–Crippen MR) is 113 cm³/mol. The molecule has 9 heteroatoms. The zero-order valence-electron chi connectivity index (χ0n) is 17.5. The normalized spacial score (nSPS) is 17.7. The summed E-state index contributed by atoms with van der Waals surface area (Å²) in [5.41, 5.74) is 2.89. The summed E-state index contributed by atoms with van der Waals surface area (Å²) in [6.07, 6.45) is -1.06. The van der Waals surface area contributed by atoms with Gasteiger partial charge in [-0.2, -0.15) is 13.2 Å². The highest BCUT2D eigenvalue weighted by molar-refractivity contribution is 5.90. The number of hydrogen-bond donors (Lipinski definition) is 1. The van der Waals surface area contributed by atoms with Crippen molar-refractivity contribution in [2.24, 2.45) is 0 Å². The number of rotatable bonds is 4. The minimum atomic E-state index is -4.47. The molecule has 4 rings (SSSR count). The van der Waals surface area contributed by atoms with E-state index in [2.05, 4.69) is 10.3 Å². The smallest absolute Gasteiger partial charge is 0.342 e. The molecule has 0 aliphatic carbocycles. The highest BCUT2D eigenvalue weighted by Crippen LogP contribution is 2.31. The van der Waals surface area contributed by atoms with Crippen molar-refractivity contribution in [1.29, 1.82) is 0 Å². The quantitative estimate of drug-likeness (QED) is 0.759. The summed E-state index contributed by atoms with van der Waals surface area (Å²) in [6.45, 7) is 1.96. The third kappa shape index (κ3) is 5.38. The Balaban J connectivity index is 1.24. The van der Waals surface area contributed by atoms with Gasteiger partial charge in [-0.25, -0.2) is 4.79 Å². The first kappa shape index (κ1) is 22.1. The van der Waals surface area contributed by atoms with Crippen molar-refractivity contribution in [3.05, 3.63) is 59.9 Å². The monoisotopic (exact) mass is 446 g/mol. The molecule has 32 heavy (non-hydrogen) atoms. The van der Waals surface area contributed by atoms with Gasteiger partial charge in [0.15, 0.2) is 0 Å². The Morgan fingerprint density at radius 3 is 2.25 bits per heavy atom. The summed E-state index contributed by atoms with van der Waals surface area (Å²) in [5.74, 6) is -0.359. The number of benzene rings is 1. The van der Waals surface area contributed by atoms with Crippen LogP contribution in [0.4, 0.5) is 23.7 Å². The highest BCUT2D eigenvalue weighted by Gasteiger charge is 2.35. The Hall–Kier alpha value is -3.10. The van der Waals surface area contributed by atoms with Crippen molar-refractivity contribution in [2.45, 2.75) is 37.3 Å². The number of nitrogens with one attached hydrogen (secondary N) is 1. The summed E-state index contributed by atoms with van der Waals surface area (Å²) in [7, 11) is 0. The molecule has 1 N–H and O–H groups in total. The first-order valence-corrected chi connectivity index (χ1v) is 10.7. The molecule has 0 radical (unpaired) electrons. The van der Waals surface area contributed by atoms with Crippen LogP contribution in [0.1, 0.15) is 42.2 Å². The van der Waals surface area contributed by atoms with Crippen LogP contribution in [0.2, 0.25) is 0 Å². The predicted octanol–water partition coefficient (Wildman–Crippen LogP) is 4.37. The van der Waals surface area contributed by atoms with E-state index in [-0.39, 0.29) is 11.9 Å². The SMILES string of the molecule is O=C(CC(F)(F)F)N1CCC(c2ccc(NC(=O)N3CC(c4cccnc4)C3)cc2)CC1. The molecule has 170 valence electrons. The Bertz CT molecular complexity index is 936. The van der Waals surface area contributed by atoms with Gasteiger partial charge in [0.25, 0.3) is 0 Å². The van der Waals surface area contributed by atoms with Gasteiger partial charge in [-0.15, -0.1) is 0 Å². The van der Waals surface area contributed by atoms with Gasteiger partial charge in [0.1, 0.15) is 6.42 Å². The topological polar surface area (TPSA) is 65.5 Å². The van der Waals surface area contributed by atoms with Crippen LogP contribution in [-0.2, 0) is 4.79 Å². The molecule has 2 aliphatic heterocycles. The molecule has 1 aromatic heterocycles. The summed E-state index contributed by atoms with van der Waals surface area (Å²) in [4.78, 5) is 31.3. The van der Waals surface area contributed by atoms with E-state index >= 15 is 0 Å². The van der Waals surface area contributed by atoms with Gasteiger partial charge in [-0.1, -0.05) is 18.2 Å². The number of pyridine rings is 1. The lowest BCUT2D eigenvalue weighted by molar-refractivity contribution is -0.162. The van der Waals surface area contributed by atoms with Crippen LogP contribution in [0.15, 0.2) is 48.8 Å². The fraction of sp³-hybridized carbons (Fsp3) is 0.435. The second-order valence-corrected chi connectivity index (χ2v) is 8.39. The average molecular weight is 446 g/mol. The molecule has 3 heterocycles. The van der Waals surface area contributed by atoms with Gasteiger partial charge >= 0.3 is 12.2 Å². The van der Waals surface area contributed by atoms with Gasteiger partial charge < -0.3 is 15.1 Å². The number of carbonyl (C=O) groups excluding carboxylic acids is 2. The lowest BCUT2D eigenvalue weighted by Gasteiger charge is -2.39. The van der Waals surface area contributed by atoms with Crippen LogP contribution < -0.4 is 5.32 Å². The number of urea groups is 1. The molecular weight excluding hydrogens is 421 g/mol. The average Bonchev–Trinajstić information content (AvgIpc) is 2.73. The third-order valence-electron chi connectivity index (χ3n) is 6.16. The minimum absolute atomic E-state index is 0.144. The number of alkyl halides is 3. The lowest BCUT2D eigenvalue weighted by Crippen LogP contribution is -2.50. The fourth-order valence-corrected chi connectivity index (χ4v) is 4.26. The maximum Gasteiger partial charge on any atom is 0.397 e. The third-order valence-corrected chi connectivity index (χ3v) is 6.16. The van der Waals surface area contributed by atoms with Crippen LogP contribution in [0, 0.1) is 0 Å². The molecule has 2 saturated heterocycles. The molecule has 0 unspecified atom stereocenters. The Labute approximate surface area is 184 Å². The first-order chi connectivity index (χ1) is 15.3. The van der Waals surface area contributed by atoms with E-state index < -0.39 is 18.5 Å². The molecule has 0 atom stereocenters. The molecule has 0 spiro atoms. The maximum absolute atomic E-state index is 12.4. The minimum Gasteiger partial charge on any atom is -0.342 e. The first-order valence-electron chi connectivity index (χ1n) is 10.7. The molecular formula is C23H25F3N4O2. The summed E-state index contributed by atoms with van der Waals surface area (Å²) in [5, 5.41) is 2.90. The van der Waals surface area contributed by atoms with Gasteiger partial charge in [0.2, 0.25) is 5.91 Å². The van der Waals surface area contributed by atoms with Crippen molar-refractivity contribution in [3.63, 3.8) is 0 Å². The van der Waals surface area contributed by atoms with Crippen LogP contribution in [-0.4, -0.2) is 59.1 Å². The standard InChI is InChI=1S/C23H25F3N4O2/c24-23(25,26)12-21(31)29-10-7-17(8-11-29)16-3-5-20(6-4-16)28-22(32)30-14-19(15-30)18-2-1-9-27-13-18/h1-6,9,13,17,19H,7-8,10-12,14-15H2,(H,28,32). The number of aromatic nitrogens is 1. The van der Waals surface area contributed by atoms with E-state index in [9.17, 15) is 22.8 Å².